The Morgan fingerprint density at radius 3 is 2.66 bits per heavy atom. The van der Waals surface area contributed by atoms with Gasteiger partial charge in [0.15, 0.2) is 11.6 Å². The lowest BCUT2D eigenvalue weighted by molar-refractivity contribution is 0.0770. The van der Waals surface area contributed by atoms with Crippen LogP contribution in [0, 0.1) is 24.0 Å². The average Bonchev–Trinajstić information content (AvgIpc) is 2.93. The number of hydrogen-bond donors (Lipinski definition) is 1. The number of rotatable bonds is 5. The fraction of sp³-hybridized carbons (Fsp3) is 0.207. The van der Waals surface area contributed by atoms with Gasteiger partial charge in [0.1, 0.15) is 11.5 Å². The fourth-order valence-corrected chi connectivity index (χ4v) is 6.27. The molecule has 194 valence electrons. The van der Waals surface area contributed by atoms with Gasteiger partial charge in [-0.1, -0.05) is 17.7 Å². The summed E-state index contributed by atoms with van der Waals surface area (Å²) < 4.78 is 43.3. The monoisotopic (exact) mass is 532 g/mol. The van der Waals surface area contributed by atoms with E-state index in [4.69, 9.17) is 5.73 Å². The maximum atomic E-state index is 14.7. The van der Waals surface area contributed by atoms with E-state index in [0.717, 1.165) is 11.1 Å². The maximum Gasteiger partial charge on any atom is 0.209 e. The number of piperidine rings is 1. The van der Waals surface area contributed by atoms with Gasteiger partial charge >= 0.3 is 0 Å². The number of pyridine rings is 1. The van der Waals surface area contributed by atoms with E-state index >= 15 is 0 Å². The molecule has 38 heavy (non-hydrogen) atoms. The number of aryl methyl sites for hydroxylation is 1. The highest BCUT2D eigenvalue weighted by Gasteiger charge is 2.52. The largest absolute Gasteiger partial charge is 0.593 e. The third-order valence-corrected chi connectivity index (χ3v) is 8.43. The second-order valence-corrected chi connectivity index (χ2v) is 10.9. The predicted molar refractivity (Wildman–Crippen MR) is 143 cm³/mol. The molecule has 2 atom stereocenters. The number of Topliss-reactive ketones (excluding diaryl/α,β-unsaturated/α-hetero) is 1. The predicted octanol–water partition coefficient (Wildman–Crippen LogP) is 5.21. The molecule has 2 aliphatic rings. The van der Waals surface area contributed by atoms with Gasteiger partial charge in [-0.2, -0.15) is 0 Å². The molecular weight excluding hydrogens is 506 g/mol. The van der Waals surface area contributed by atoms with Crippen LogP contribution in [0.25, 0.3) is 0 Å². The number of carbonyl (C=O) groups is 1. The minimum Gasteiger partial charge on any atom is -0.593 e. The lowest BCUT2D eigenvalue weighted by atomic mass is 9.64. The number of nitrogens with zero attached hydrogens (tertiary/aromatic N) is 3. The molecule has 3 aromatic rings. The number of carbonyl (C=O) groups excluding carboxylic acids is 1. The molecule has 0 saturated carbocycles. The zero-order valence-corrected chi connectivity index (χ0v) is 21.6. The second-order valence-electron chi connectivity index (χ2n) is 9.43. The molecule has 0 bridgehead atoms. The molecular formula is C29H26F2N4O2S. The molecule has 5 rings (SSSR count). The first-order valence-electron chi connectivity index (χ1n) is 12.2. The molecule has 0 spiro atoms. The minimum atomic E-state index is -1.82. The van der Waals surface area contributed by atoms with Crippen LogP contribution in [-0.4, -0.2) is 38.4 Å². The van der Waals surface area contributed by atoms with Crippen LogP contribution in [0.4, 0.5) is 14.5 Å². The zero-order valence-electron chi connectivity index (χ0n) is 20.7. The van der Waals surface area contributed by atoms with Gasteiger partial charge in [-0.25, -0.2) is 13.8 Å². The van der Waals surface area contributed by atoms with E-state index in [1.165, 1.54) is 30.5 Å². The van der Waals surface area contributed by atoms with E-state index < -0.39 is 22.6 Å². The number of allylic oxidation sites excluding steroid dienone is 2. The van der Waals surface area contributed by atoms with Crippen LogP contribution in [-0.2, 0) is 11.4 Å². The first-order chi connectivity index (χ1) is 18.3. The van der Waals surface area contributed by atoms with Gasteiger partial charge in [-0.05, 0) is 91.7 Å². The van der Waals surface area contributed by atoms with Crippen molar-refractivity contribution in [3.63, 3.8) is 0 Å². The van der Waals surface area contributed by atoms with Gasteiger partial charge in [0.2, 0.25) is 4.90 Å². The molecule has 2 aromatic carbocycles. The lowest BCUT2D eigenvalue weighted by Gasteiger charge is -2.45. The SMILES string of the molecule is Cc1ccc([S+]([O-])N2CCC3=CC(=Nc4ccc(F)cc4)C(=CN)CC3(C(=O)c3ccccn3)C2)c(F)c1. The summed E-state index contributed by atoms with van der Waals surface area (Å²) in [7, 11) is 0. The zero-order chi connectivity index (χ0) is 26.9. The van der Waals surface area contributed by atoms with Crippen LogP contribution in [0.1, 0.15) is 28.9 Å². The van der Waals surface area contributed by atoms with Crippen LogP contribution < -0.4 is 5.73 Å². The molecule has 0 radical (unpaired) electrons. The normalized spacial score (nSPS) is 22.7. The minimum absolute atomic E-state index is 0.0763. The van der Waals surface area contributed by atoms with Crippen LogP contribution in [0.15, 0.2) is 100 Å². The van der Waals surface area contributed by atoms with E-state index in [1.54, 1.807) is 53.8 Å². The number of benzene rings is 2. The number of aliphatic imine (C=N–C) groups is 1. The molecule has 2 N–H and O–H groups in total. The second kappa shape index (κ2) is 10.6. The Kier molecular flexibility index (Phi) is 7.25. The van der Waals surface area contributed by atoms with Gasteiger partial charge in [-0.15, -0.1) is 4.31 Å². The molecule has 0 amide bonds. The van der Waals surface area contributed by atoms with Gasteiger partial charge in [-0.3, -0.25) is 9.78 Å². The Morgan fingerprint density at radius 2 is 1.97 bits per heavy atom. The summed E-state index contributed by atoms with van der Waals surface area (Å²) in [6.07, 6.45) is 5.43. The Morgan fingerprint density at radius 1 is 1.18 bits per heavy atom. The lowest BCUT2D eigenvalue weighted by Crippen LogP contribution is -2.53. The van der Waals surface area contributed by atoms with Crippen molar-refractivity contribution in [1.29, 1.82) is 0 Å². The van der Waals surface area contributed by atoms with Crippen molar-refractivity contribution in [3.05, 3.63) is 113 Å². The van der Waals surface area contributed by atoms with E-state index in [1.807, 2.05) is 6.08 Å². The summed E-state index contributed by atoms with van der Waals surface area (Å²) in [4.78, 5) is 23.1. The summed E-state index contributed by atoms with van der Waals surface area (Å²) in [6, 6.07) is 15.5. The third-order valence-electron chi connectivity index (χ3n) is 6.94. The van der Waals surface area contributed by atoms with Crippen molar-refractivity contribution in [2.24, 2.45) is 16.1 Å². The number of aromatic nitrogens is 1. The first kappa shape index (κ1) is 26.0. The standard InChI is InChI=1S/C29H26F2N4O2S/c1-19-5-10-27(24(31)14-19)38(37)35-13-11-21-15-26(34-23-8-6-22(30)7-9-23)20(17-32)16-29(21,18-35)28(36)25-4-2-3-12-33-25/h2-10,12,14-15,17H,11,13,16,18,32H2,1H3. The van der Waals surface area contributed by atoms with E-state index in [-0.39, 0.29) is 35.2 Å². The quantitative estimate of drug-likeness (QED) is 0.360. The molecule has 1 aliphatic heterocycles. The van der Waals surface area contributed by atoms with Gasteiger partial charge in [0.25, 0.3) is 0 Å². The topological polar surface area (TPSA) is 94.6 Å². The number of ketones is 1. The first-order valence-corrected chi connectivity index (χ1v) is 13.3. The number of nitrogens with two attached hydrogens (primary N) is 1. The Labute approximate surface area is 222 Å². The Balaban J connectivity index is 1.58. The molecule has 6 nitrogen and oxygen atoms in total. The van der Waals surface area contributed by atoms with E-state index in [0.29, 0.717) is 29.9 Å². The van der Waals surface area contributed by atoms with Crippen molar-refractivity contribution in [1.82, 2.24) is 9.29 Å². The Bertz CT molecular complexity index is 1460. The fourth-order valence-electron chi connectivity index (χ4n) is 4.99. The molecule has 1 aromatic heterocycles. The molecule has 2 heterocycles. The summed E-state index contributed by atoms with van der Waals surface area (Å²) in [6.45, 7) is 2.21. The average molecular weight is 533 g/mol. The Hall–Kier alpha value is -3.66. The smallest absolute Gasteiger partial charge is 0.209 e. The summed E-state index contributed by atoms with van der Waals surface area (Å²) in [5, 5.41) is 0. The van der Waals surface area contributed by atoms with Gasteiger partial charge < -0.3 is 10.3 Å². The summed E-state index contributed by atoms with van der Waals surface area (Å²) >= 11 is -1.82. The highest BCUT2D eigenvalue weighted by atomic mass is 32.2. The number of halogens is 2. The number of fused-ring (bicyclic) bond motifs is 1. The molecule has 1 aliphatic carbocycles. The highest BCUT2D eigenvalue weighted by Crippen LogP contribution is 2.47. The molecule has 9 heteroatoms. The van der Waals surface area contributed by atoms with Crippen molar-refractivity contribution in [3.8, 4) is 0 Å². The van der Waals surface area contributed by atoms with Gasteiger partial charge in [0, 0.05) is 12.7 Å². The van der Waals surface area contributed by atoms with Crippen LogP contribution >= 0.6 is 0 Å². The summed E-state index contributed by atoms with van der Waals surface area (Å²) in [5.74, 6) is -1.14. The van der Waals surface area contributed by atoms with Crippen molar-refractivity contribution in [2.45, 2.75) is 24.7 Å². The van der Waals surface area contributed by atoms with Crippen LogP contribution in [0.3, 0.4) is 0 Å². The van der Waals surface area contributed by atoms with E-state index in [9.17, 15) is 18.1 Å². The van der Waals surface area contributed by atoms with Crippen LogP contribution in [0.5, 0.6) is 0 Å². The number of hydrogen-bond acceptors (Lipinski definition) is 6. The van der Waals surface area contributed by atoms with E-state index in [2.05, 4.69) is 9.98 Å². The maximum absolute atomic E-state index is 14.7. The van der Waals surface area contributed by atoms with Crippen molar-refractivity contribution in [2.75, 3.05) is 13.1 Å². The van der Waals surface area contributed by atoms with Crippen molar-refractivity contribution < 1.29 is 18.1 Å². The molecule has 1 saturated heterocycles. The van der Waals surface area contributed by atoms with Crippen molar-refractivity contribution >= 4 is 28.5 Å². The third kappa shape index (κ3) is 4.92. The molecule has 1 fully saturated rings. The summed E-state index contributed by atoms with van der Waals surface area (Å²) in [5.41, 5.74) is 8.49. The highest BCUT2D eigenvalue weighted by molar-refractivity contribution is 7.89. The van der Waals surface area contributed by atoms with Gasteiger partial charge in [0.05, 0.1) is 34.7 Å². The molecule has 2 unspecified atom stereocenters. The van der Waals surface area contributed by atoms with Crippen LogP contribution in [0.2, 0.25) is 0 Å².